The van der Waals surface area contributed by atoms with Crippen molar-refractivity contribution in [1.29, 1.82) is 0 Å². The summed E-state index contributed by atoms with van der Waals surface area (Å²) in [6.45, 7) is 2.25. The van der Waals surface area contributed by atoms with Gasteiger partial charge < -0.3 is 9.80 Å². The van der Waals surface area contributed by atoms with E-state index < -0.39 is 28.9 Å². The molecule has 12 heteroatoms. The molecule has 2 saturated heterocycles. The van der Waals surface area contributed by atoms with Gasteiger partial charge >= 0.3 is 12.4 Å². The molecule has 2 heterocycles. The van der Waals surface area contributed by atoms with E-state index in [-0.39, 0.29) is 49.5 Å². The summed E-state index contributed by atoms with van der Waals surface area (Å²) in [5.41, 5.74) is -1.49. The summed E-state index contributed by atoms with van der Waals surface area (Å²) < 4.78 is 81.2. The maximum atomic E-state index is 13.5. The smallest absolute Gasteiger partial charge is 0.337 e. The number of amides is 1. The molecule has 0 radical (unpaired) electrons. The Balaban J connectivity index is 0.00000461. The van der Waals surface area contributed by atoms with Crippen molar-refractivity contribution in [2.24, 2.45) is 0 Å². The molecule has 1 atom stereocenters. The van der Waals surface area contributed by atoms with Crippen LogP contribution in [0, 0.1) is 0 Å². The van der Waals surface area contributed by atoms with Crippen LogP contribution in [-0.4, -0.2) is 41.9 Å². The third-order valence-electron chi connectivity index (χ3n) is 8.98. The van der Waals surface area contributed by atoms with Gasteiger partial charge in [0.25, 0.3) is 0 Å². The van der Waals surface area contributed by atoms with E-state index in [9.17, 15) is 31.1 Å². The Hall–Kier alpha value is -2.46. The van der Waals surface area contributed by atoms with Crippen molar-refractivity contribution in [2.75, 3.05) is 26.2 Å². The molecular formula is C33H33Cl3F6N2O. The molecular weight excluding hydrogens is 661 g/mol. The van der Waals surface area contributed by atoms with Gasteiger partial charge in [-0.15, -0.1) is 12.4 Å². The van der Waals surface area contributed by atoms with Gasteiger partial charge in [0.05, 0.1) is 21.2 Å². The standard InChI is InChI=1S/C33H32Cl2F6N2O.ClH/c34-28-7-6-25(19-29(28)35)31(12-15-42-13-9-24(10-14-42)23-4-2-1-3-5-23)11-8-30(44)43(21-31)20-22-16-26(32(36,37)38)18-27(17-22)33(39,40)41;/h1-7,16-19,24H,8-15,20-21H2;1H. The van der Waals surface area contributed by atoms with Crippen molar-refractivity contribution in [3.63, 3.8) is 0 Å². The zero-order chi connectivity index (χ0) is 31.7. The van der Waals surface area contributed by atoms with Crippen molar-refractivity contribution < 1.29 is 31.1 Å². The molecule has 3 nitrogen and oxygen atoms in total. The van der Waals surface area contributed by atoms with Crippen molar-refractivity contribution in [1.82, 2.24) is 9.80 Å². The Morgan fingerprint density at radius 3 is 2.02 bits per heavy atom. The second-order valence-corrected chi connectivity index (χ2v) is 12.7. The average Bonchev–Trinajstić information content (AvgIpc) is 2.99. The second-order valence-electron chi connectivity index (χ2n) is 11.8. The van der Waals surface area contributed by atoms with Crippen LogP contribution in [0.25, 0.3) is 0 Å². The van der Waals surface area contributed by atoms with Gasteiger partial charge in [-0.1, -0.05) is 59.6 Å². The third kappa shape index (κ3) is 8.47. The topological polar surface area (TPSA) is 23.6 Å². The first kappa shape index (κ1) is 35.4. The summed E-state index contributed by atoms with van der Waals surface area (Å²) >= 11 is 12.6. The van der Waals surface area contributed by atoms with Crippen LogP contribution in [0.2, 0.25) is 10.0 Å². The number of hydrogen-bond acceptors (Lipinski definition) is 2. The number of halogens is 9. The van der Waals surface area contributed by atoms with Crippen molar-refractivity contribution >= 4 is 41.5 Å². The molecule has 0 aromatic heterocycles. The molecule has 2 aliphatic rings. The summed E-state index contributed by atoms with van der Waals surface area (Å²) in [6.07, 6.45) is -6.74. The minimum absolute atomic E-state index is 0. The Labute approximate surface area is 274 Å². The molecule has 0 saturated carbocycles. The lowest BCUT2D eigenvalue weighted by atomic mass is 9.71. The van der Waals surface area contributed by atoms with E-state index in [0.717, 1.165) is 31.5 Å². The van der Waals surface area contributed by atoms with Crippen molar-refractivity contribution in [3.8, 4) is 0 Å². The van der Waals surface area contributed by atoms with E-state index in [4.69, 9.17) is 23.2 Å². The lowest BCUT2D eigenvalue weighted by Gasteiger charge is -2.45. The molecule has 2 aliphatic heterocycles. The van der Waals surface area contributed by atoms with Gasteiger partial charge in [0.2, 0.25) is 5.91 Å². The molecule has 5 rings (SSSR count). The van der Waals surface area contributed by atoms with Gasteiger partial charge in [-0.25, -0.2) is 0 Å². The highest BCUT2D eigenvalue weighted by Gasteiger charge is 2.42. The first-order valence-corrected chi connectivity index (χ1v) is 15.3. The summed E-state index contributed by atoms with van der Waals surface area (Å²) in [6, 6.07) is 17.1. The molecule has 3 aromatic rings. The monoisotopic (exact) mass is 692 g/mol. The number of benzene rings is 3. The molecule has 3 aromatic carbocycles. The number of alkyl halides is 6. The minimum Gasteiger partial charge on any atom is -0.337 e. The normalized spacial score (nSPS) is 20.3. The zero-order valence-electron chi connectivity index (χ0n) is 24.2. The van der Waals surface area contributed by atoms with E-state index in [1.54, 1.807) is 12.1 Å². The lowest BCUT2D eigenvalue weighted by Crippen LogP contribution is -2.50. The highest BCUT2D eigenvalue weighted by molar-refractivity contribution is 6.42. The van der Waals surface area contributed by atoms with Gasteiger partial charge in [0.15, 0.2) is 0 Å². The van der Waals surface area contributed by atoms with Crippen LogP contribution in [0.5, 0.6) is 0 Å². The first-order chi connectivity index (χ1) is 20.7. The molecule has 1 unspecified atom stereocenters. The Kier molecular flexibility index (Phi) is 11.1. The molecule has 2 fully saturated rings. The Bertz CT molecular complexity index is 1440. The SMILES string of the molecule is Cl.O=C1CCC(CCN2CCC(c3ccccc3)CC2)(c2ccc(Cl)c(Cl)c2)CN1Cc1cc(C(F)(F)F)cc(C(F)(F)F)c1. The zero-order valence-corrected chi connectivity index (χ0v) is 26.6. The lowest BCUT2D eigenvalue weighted by molar-refractivity contribution is -0.143. The van der Waals surface area contributed by atoms with Crippen LogP contribution >= 0.6 is 35.6 Å². The van der Waals surface area contributed by atoms with Crippen LogP contribution in [-0.2, 0) is 29.1 Å². The van der Waals surface area contributed by atoms with E-state index in [1.165, 1.54) is 10.5 Å². The number of likely N-dealkylation sites (tertiary alicyclic amines) is 2. The third-order valence-corrected chi connectivity index (χ3v) is 9.72. The number of nitrogens with zero attached hydrogens (tertiary/aromatic N) is 2. The number of rotatable bonds is 7. The molecule has 0 aliphatic carbocycles. The molecule has 0 bridgehead atoms. The fourth-order valence-electron chi connectivity index (χ4n) is 6.51. The predicted octanol–water partition coefficient (Wildman–Crippen LogP) is 9.78. The van der Waals surface area contributed by atoms with Crippen LogP contribution in [0.15, 0.2) is 66.7 Å². The van der Waals surface area contributed by atoms with Gasteiger partial charge in [0.1, 0.15) is 0 Å². The van der Waals surface area contributed by atoms with Crippen molar-refractivity contribution in [3.05, 3.63) is 105 Å². The van der Waals surface area contributed by atoms with E-state index >= 15 is 0 Å². The fourth-order valence-corrected chi connectivity index (χ4v) is 6.81. The van der Waals surface area contributed by atoms with E-state index in [0.29, 0.717) is 47.5 Å². The summed E-state index contributed by atoms with van der Waals surface area (Å²) in [5.74, 6) is 0.156. The van der Waals surface area contributed by atoms with Crippen LogP contribution in [0.1, 0.15) is 65.8 Å². The fraction of sp³-hybridized carbons (Fsp3) is 0.424. The van der Waals surface area contributed by atoms with Gasteiger partial charge in [-0.3, -0.25) is 4.79 Å². The highest BCUT2D eigenvalue weighted by atomic mass is 35.5. The van der Waals surface area contributed by atoms with E-state index in [2.05, 4.69) is 17.0 Å². The number of hydrogen-bond donors (Lipinski definition) is 0. The van der Waals surface area contributed by atoms with Gasteiger partial charge in [-0.05, 0) is 98.3 Å². The van der Waals surface area contributed by atoms with Crippen molar-refractivity contribution in [2.45, 2.75) is 62.3 Å². The second kappa shape index (κ2) is 14.1. The molecule has 244 valence electrons. The molecule has 0 spiro atoms. The van der Waals surface area contributed by atoms with Crippen LogP contribution in [0.3, 0.4) is 0 Å². The summed E-state index contributed by atoms with van der Waals surface area (Å²) in [7, 11) is 0. The van der Waals surface area contributed by atoms with Gasteiger partial charge in [-0.2, -0.15) is 26.3 Å². The van der Waals surface area contributed by atoms with E-state index in [1.807, 2.05) is 24.3 Å². The average molecular weight is 694 g/mol. The van der Waals surface area contributed by atoms with Crippen LogP contribution < -0.4 is 0 Å². The van der Waals surface area contributed by atoms with Gasteiger partial charge in [0, 0.05) is 24.9 Å². The summed E-state index contributed by atoms with van der Waals surface area (Å²) in [4.78, 5) is 16.9. The minimum atomic E-state index is -4.97. The Morgan fingerprint density at radius 1 is 0.822 bits per heavy atom. The number of carbonyl (C=O) groups is 1. The van der Waals surface area contributed by atoms with Crippen LogP contribution in [0.4, 0.5) is 26.3 Å². The first-order valence-electron chi connectivity index (χ1n) is 14.5. The quantitative estimate of drug-likeness (QED) is 0.230. The number of carbonyl (C=O) groups excluding carboxylic acids is 1. The Morgan fingerprint density at radius 2 is 1.44 bits per heavy atom. The molecule has 0 N–H and O–H groups in total. The highest BCUT2D eigenvalue weighted by Crippen LogP contribution is 2.42. The predicted molar refractivity (Wildman–Crippen MR) is 166 cm³/mol. The number of piperidine rings is 2. The largest absolute Gasteiger partial charge is 0.416 e. The molecule has 1 amide bonds. The summed E-state index contributed by atoms with van der Waals surface area (Å²) in [5, 5.41) is 0.698. The maximum Gasteiger partial charge on any atom is 0.416 e. The maximum absolute atomic E-state index is 13.5. The molecule has 45 heavy (non-hydrogen) atoms.